The maximum absolute atomic E-state index is 13.6. The molecule has 2 heterocycles. The highest BCUT2D eigenvalue weighted by Gasteiger charge is 2.62. The Kier molecular flexibility index (Phi) is 5.84. The van der Waals surface area contributed by atoms with Crippen LogP contribution in [0.15, 0.2) is 18.5 Å². The van der Waals surface area contributed by atoms with E-state index in [9.17, 15) is 14.3 Å². The van der Waals surface area contributed by atoms with Gasteiger partial charge in [0, 0.05) is 30.7 Å². The number of carbonyl (C=O) groups is 1. The predicted molar refractivity (Wildman–Crippen MR) is 135 cm³/mol. The molecule has 196 valence electrons. The maximum atomic E-state index is 13.6. The van der Waals surface area contributed by atoms with Gasteiger partial charge in [-0.05, 0) is 92.3 Å². The number of aromatic nitrogens is 3. The van der Waals surface area contributed by atoms with Gasteiger partial charge in [-0.2, -0.15) is 9.49 Å². The van der Waals surface area contributed by atoms with Gasteiger partial charge < -0.3 is 9.84 Å². The molecule has 36 heavy (non-hydrogen) atoms. The molecule has 4 saturated carbocycles. The number of ketones is 1. The predicted octanol–water partition coefficient (Wildman–Crippen LogP) is 5.18. The van der Waals surface area contributed by atoms with Crippen molar-refractivity contribution < 1.29 is 19.0 Å². The molecule has 2 aromatic heterocycles. The first kappa shape index (κ1) is 24.5. The van der Waals surface area contributed by atoms with E-state index in [-0.39, 0.29) is 29.1 Å². The highest BCUT2D eigenvalue weighted by molar-refractivity contribution is 5.83. The molecule has 4 aliphatic carbocycles. The van der Waals surface area contributed by atoms with E-state index in [1.807, 2.05) is 0 Å². The van der Waals surface area contributed by atoms with Crippen LogP contribution in [0.3, 0.4) is 0 Å². The van der Waals surface area contributed by atoms with Crippen molar-refractivity contribution in [3.8, 4) is 0 Å². The minimum Gasteiger partial charge on any atom is -0.387 e. The number of hydrogen-bond donors (Lipinski definition) is 1. The second-order valence-corrected chi connectivity index (χ2v) is 13.1. The summed E-state index contributed by atoms with van der Waals surface area (Å²) in [5.74, 6) is 2.32. The number of aliphatic hydroxyl groups is 1. The molecular weight excluding hydrogens is 457 g/mol. The summed E-state index contributed by atoms with van der Waals surface area (Å²) in [6, 6.07) is 1.37. The fraction of sp³-hybridized carbons (Fsp3) is 0.759. The third kappa shape index (κ3) is 3.75. The first-order valence-corrected chi connectivity index (χ1v) is 13.9. The fourth-order valence-corrected chi connectivity index (χ4v) is 9.55. The molecule has 1 N–H and O–H groups in total. The Morgan fingerprint density at radius 1 is 1.14 bits per heavy atom. The Hall–Kier alpha value is -1.86. The Balaban J connectivity index is 1.18. The minimum absolute atomic E-state index is 0.0487. The number of hydrogen-bond acceptors (Lipinski definition) is 5. The lowest BCUT2D eigenvalue weighted by Gasteiger charge is -2.62. The quantitative estimate of drug-likeness (QED) is 0.577. The molecule has 7 heteroatoms. The lowest BCUT2D eigenvalue weighted by atomic mass is 9.44. The summed E-state index contributed by atoms with van der Waals surface area (Å²) in [5, 5.41) is 16.3. The summed E-state index contributed by atoms with van der Waals surface area (Å²) in [6.07, 6.45) is 12.8. The van der Waals surface area contributed by atoms with Crippen molar-refractivity contribution in [3.63, 3.8) is 0 Å². The van der Waals surface area contributed by atoms with Gasteiger partial charge in [0.05, 0.1) is 24.9 Å². The van der Waals surface area contributed by atoms with E-state index in [1.165, 1.54) is 31.5 Å². The largest absolute Gasteiger partial charge is 0.387 e. The monoisotopic (exact) mass is 497 g/mol. The summed E-state index contributed by atoms with van der Waals surface area (Å²) >= 11 is 0. The van der Waals surface area contributed by atoms with E-state index in [0.717, 1.165) is 38.5 Å². The average molecular weight is 498 g/mol. The van der Waals surface area contributed by atoms with Gasteiger partial charge in [0.25, 0.3) is 0 Å². The Bertz CT molecular complexity index is 1170. The number of nitrogens with zero attached hydrogens (tertiary/aromatic N) is 3. The molecule has 0 aliphatic heterocycles. The van der Waals surface area contributed by atoms with Gasteiger partial charge in [-0.3, -0.25) is 9.48 Å². The molecule has 0 radical (unpaired) electrons. The zero-order valence-electron chi connectivity index (χ0n) is 21.9. The number of Topliss-reactive ketones (excluding diaryl/α,β-unsaturated/α-hetero) is 1. The van der Waals surface area contributed by atoms with E-state index in [2.05, 4.69) is 23.9 Å². The average Bonchev–Trinajstić information content (AvgIpc) is 3.39. The highest BCUT2D eigenvalue weighted by atomic mass is 19.1. The summed E-state index contributed by atoms with van der Waals surface area (Å²) < 4.78 is 20.5. The molecule has 4 aliphatic rings. The van der Waals surface area contributed by atoms with Gasteiger partial charge in [-0.25, -0.2) is 4.98 Å². The van der Waals surface area contributed by atoms with E-state index in [1.54, 1.807) is 18.0 Å². The topological polar surface area (TPSA) is 77.2 Å². The van der Waals surface area contributed by atoms with E-state index >= 15 is 0 Å². The summed E-state index contributed by atoms with van der Waals surface area (Å²) in [5.41, 5.74) is 0.284. The van der Waals surface area contributed by atoms with Crippen molar-refractivity contribution >= 4 is 16.7 Å². The van der Waals surface area contributed by atoms with Crippen molar-refractivity contribution in [1.29, 1.82) is 0 Å². The van der Waals surface area contributed by atoms with Crippen LogP contribution < -0.4 is 0 Å². The normalized spacial score (nSPS) is 42.1. The molecule has 0 bridgehead atoms. The number of methoxy groups -OCH3 is 1. The third-order valence-electron chi connectivity index (χ3n) is 11.3. The van der Waals surface area contributed by atoms with E-state index in [0.29, 0.717) is 41.2 Å². The van der Waals surface area contributed by atoms with Gasteiger partial charge in [-0.15, -0.1) is 0 Å². The molecule has 4 fully saturated rings. The smallest absolute Gasteiger partial charge is 0.213 e. The molecule has 0 aromatic carbocycles. The second kappa shape index (κ2) is 8.59. The lowest BCUT2D eigenvalue weighted by Crippen LogP contribution is -2.56. The van der Waals surface area contributed by atoms with Crippen molar-refractivity contribution in [3.05, 3.63) is 24.4 Å². The van der Waals surface area contributed by atoms with Crippen LogP contribution >= 0.6 is 0 Å². The molecule has 0 amide bonds. The minimum atomic E-state index is -0.668. The zero-order valence-corrected chi connectivity index (χ0v) is 21.9. The van der Waals surface area contributed by atoms with Crippen LogP contribution in [-0.2, 0) is 16.1 Å². The number of rotatable bonds is 5. The SMILES string of the molecule is COC[C@@]1(O)CC[C@@]2(C)[C@@H](CC[C@@H]3[C@@H]2CC[C@]2(C)[C@@H](C(=O)Cn4cc5cc(F)ncc5n4)CC[C@@H]32)C1. The van der Waals surface area contributed by atoms with Gasteiger partial charge in [0.1, 0.15) is 5.52 Å². The Morgan fingerprint density at radius 3 is 2.75 bits per heavy atom. The number of fused-ring (bicyclic) bond motifs is 6. The molecule has 8 atom stereocenters. The maximum Gasteiger partial charge on any atom is 0.213 e. The lowest BCUT2D eigenvalue weighted by molar-refractivity contribution is -0.164. The van der Waals surface area contributed by atoms with Crippen LogP contribution in [0.4, 0.5) is 4.39 Å². The van der Waals surface area contributed by atoms with Crippen LogP contribution in [0.25, 0.3) is 10.9 Å². The van der Waals surface area contributed by atoms with Crippen LogP contribution in [0, 0.1) is 46.4 Å². The molecule has 0 saturated heterocycles. The van der Waals surface area contributed by atoms with Crippen LogP contribution in [-0.4, -0.2) is 45.0 Å². The van der Waals surface area contributed by atoms with E-state index < -0.39 is 11.5 Å². The number of halogens is 1. The fourth-order valence-electron chi connectivity index (χ4n) is 9.55. The molecule has 2 aromatic rings. The van der Waals surface area contributed by atoms with Crippen molar-refractivity contribution in [2.45, 2.75) is 83.8 Å². The van der Waals surface area contributed by atoms with Crippen LogP contribution in [0.5, 0.6) is 0 Å². The molecule has 0 spiro atoms. The zero-order chi connectivity index (χ0) is 25.3. The van der Waals surface area contributed by atoms with Crippen molar-refractivity contribution in [2.24, 2.45) is 40.4 Å². The first-order valence-electron chi connectivity index (χ1n) is 13.9. The number of ether oxygens (including phenoxy) is 1. The van der Waals surface area contributed by atoms with Gasteiger partial charge in [-0.1, -0.05) is 13.8 Å². The standard InChI is InChI=1S/C29H40FN3O3/c1-27-10-11-29(35,17-36-3)13-19(27)4-5-20-21-6-7-23(28(21,2)9-8-22(20)27)25(34)16-33-15-18-12-26(30)31-14-24(18)32-33/h12,14-15,19-23,35H,4-11,13,16-17H2,1-3H3/t19-,20-,21-,22-,23+,27-,28-,29+/m0/s1. The van der Waals surface area contributed by atoms with Gasteiger partial charge >= 0.3 is 0 Å². The summed E-state index contributed by atoms with van der Waals surface area (Å²) in [6.45, 7) is 5.57. The number of carbonyl (C=O) groups excluding carboxylic acids is 1. The molecule has 6 nitrogen and oxygen atoms in total. The Labute approximate surface area is 213 Å². The second-order valence-electron chi connectivity index (χ2n) is 13.1. The van der Waals surface area contributed by atoms with Crippen LogP contribution in [0.2, 0.25) is 0 Å². The molecule has 6 rings (SSSR count). The van der Waals surface area contributed by atoms with Gasteiger partial charge in [0.2, 0.25) is 5.95 Å². The first-order chi connectivity index (χ1) is 17.1. The molecule has 0 unspecified atom stereocenters. The third-order valence-corrected chi connectivity index (χ3v) is 11.3. The van der Waals surface area contributed by atoms with E-state index in [4.69, 9.17) is 4.74 Å². The Morgan fingerprint density at radius 2 is 1.94 bits per heavy atom. The number of pyridine rings is 1. The summed E-state index contributed by atoms with van der Waals surface area (Å²) in [4.78, 5) is 17.3. The van der Waals surface area contributed by atoms with Gasteiger partial charge in [0.15, 0.2) is 5.78 Å². The summed E-state index contributed by atoms with van der Waals surface area (Å²) in [7, 11) is 1.69. The molecular formula is C29H40FN3O3. The highest BCUT2D eigenvalue weighted by Crippen LogP contribution is 2.68. The van der Waals surface area contributed by atoms with Crippen molar-refractivity contribution in [1.82, 2.24) is 14.8 Å². The van der Waals surface area contributed by atoms with Crippen molar-refractivity contribution in [2.75, 3.05) is 13.7 Å². The van der Waals surface area contributed by atoms with Crippen LogP contribution in [0.1, 0.15) is 71.6 Å².